The molecule has 0 fully saturated rings. The van der Waals surface area contributed by atoms with Gasteiger partial charge in [0.15, 0.2) is 5.82 Å². The zero-order chi connectivity index (χ0) is 27.4. The number of imidazole rings is 1. The van der Waals surface area contributed by atoms with Crippen molar-refractivity contribution in [3.8, 4) is 17.0 Å². The Kier molecular flexibility index (Phi) is 6.07. The number of ketones is 1. The second-order valence-electron chi connectivity index (χ2n) is 9.59. The normalized spacial score (nSPS) is 19.0. The lowest BCUT2D eigenvalue weighted by atomic mass is 9.91. The van der Waals surface area contributed by atoms with Crippen LogP contribution in [0.15, 0.2) is 48.7 Å². The fourth-order valence-electron chi connectivity index (χ4n) is 5.70. The lowest BCUT2D eigenvalue weighted by Crippen LogP contribution is -2.32. The van der Waals surface area contributed by atoms with E-state index in [0.717, 1.165) is 11.0 Å². The van der Waals surface area contributed by atoms with Crippen molar-refractivity contribution in [2.24, 2.45) is 0 Å². The number of fused-ring (bicyclic) bond motifs is 9. The van der Waals surface area contributed by atoms with Gasteiger partial charge < -0.3 is 19.5 Å². The maximum absolute atomic E-state index is 13.6. The van der Waals surface area contributed by atoms with Gasteiger partial charge in [-0.1, -0.05) is 18.2 Å². The Morgan fingerprint density at radius 1 is 1.13 bits per heavy atom. The molecule has 2 aromatic heterocycles. The summed E-state index contributed by atoms with van der Waals surface area (Å²) in [6, 6.07) is 11.3. The van der Waals surface area contributed by atoms with E-state index in [0.29, 0.717) is 23.4 Å². The van der Waals surface area contributed by atoms with Gasteiger partial charge in [-0.25, -0.2) is 15.0 Å². The molecule has 39 heavy (non-hydrogen) atoms. The highest BCUT2D eigenvalue weighted by Gasteiger charge is 2.44. The van der Waals surface area contributed by atoms with Crippen LogP contribution in [0, 0.1) is 0 Å². The summed E-state index contributed by atoms with van der Waals surface area (Å²) in [4.78, 5) is 39.3. The maximum Gasteiger partial charge on any atom is 0.387 e. The molecule has 2 aliphatic rings. The van der Waals surface area contributed by atoms with E-state index >= 15 is 0 Å². The summed E-state index contributed by atoms with van der Waals surface area (Å²) in [5.74, 6) is -1.43. The largest absolute Gasteiger partial charge is 0.480 e. The van der Waals surface area contributed by atoms with Gasteiger partial charge in [0.1, 0.15) is 17.7 Å². The number of ether oxygens (including phenoxy) is 1. The monoisotopic (exact) mass is 535 g/mol. The number of alkyl halides is 2. The molecule has 2 aromatic carbocycles. The number of aromatic nitrogens is 4. The van der Waals surface area contributed by atoms with Crippen molar-refractivity contribution in [2.45, 2.75) is 44.7 Å². The van der Waals surface area contributed by atoms with Crippen LogP contribution in [0.25, 0.3) is 22.3 Å². The van der Waals surface area contributed by atoms with E-state index < -0.39 is 30.5 Å². The molecule has 2 N–H and O–H groups in total. The number of hydrogen-bond acceptors (Lipinski definition) is 8. The first-order valence-corrected chi connectivity index (χ1v) is 12.3. The number of aliphatic hydroxyl groups is 1. The van der Waals surface area contributed by atoms with Crippen LogP contribution in [0.3, 0.4) is 0 Å². The molecule has 0 saturated heterocycles. The molecular formula is C27H23F2N5O5. The van der Waals surface area contributed by atoms with Gasteiger partial charge in [0.2, 0.25) is 5.78 Å². The summed E-state index contributed by atoms with van der Waals surface area (Å²) in [7, 11) is 0. The van der Waals surface area contributed by atoms with Crippen LogP contribution in [-0.2, 0) is 11.3 Å². The standard InChI is InChI=1S/C27H23F2N5O5/c1-13(35)24(38)25-30-9-8-16(31-25)23-20(39-27(28)29)7-6-14-11-33(12-21(36)37)19-10-18(22(14)23)34-17-5-3-2-4-15(17)32-26(19)34/h2-9,13,18-19,27,35H,10-12H2,1H3,(H,36,37)/t13?,18-,19-/m1/s1. The number of benzene rings is 2. The first-order chi connectivity index (χ1) is 18.7. The van der Waals surface area contributed by atoms with Gasteiger partial charge in [-0.3, -0.25) is 14.5 Å². The van der Waals surface area contributed by atoms with Crippen LogP contribution >= 0.6 is 0 Å². The van der Waals surface area contributed by atoms with Crippen LogP contribution in [-0.4, -0.2) is 65.6 Å². The van der Waals surface area contributed by atoms with Crippen LogP contribution in [0.5, 0.6) is 5.75 Å². The van der Waals surface area contributed by atoms with Crippen molar-refractivity contribution in [3.05, 3.63) is 71.4 Å². The highest BCUT2D eigenvalue weighted by molar-refractivity contribution is 5.96. The number of aliphatic hydroxyl groups excluding tert-OH is 1. The SMILES string of the molecule is CC(O)C(=O)c1nccc(-c2c(OC(F)F)ccc3c2[C@H]2C[C@H](c4nc5ccccc5n42)N(CC(=O)O)C3)n1. The van der Waals surface area contributed by atoms with Gasteiger partial charge in [-0.15, -0.1) is 0 Å². The van der Waals surface area contributed by atoms with Crippen LogP contribution in [0.1, 0.15) is 53.0 Å². The number of carboxylic acid groups (broad SMARTS) is 1. The Morgan fingerprint density at radius 3 is 2.67 bits per heavy atom. The molecule has 0 aliphatic carbocycles. The Hall–Kier alpha value is -4.29. The number of para-hydroxylation sites is 2. The fraction of sp³-hybridized carbons (Fsp3) is 0.296. The molecule has 4 heterocycles. The van der Waals surface area contributed by atoms with Gasteiger partial charge in [0, 0.05) is 18.3 Å². The molecule has 6 rings (SSSR count). The molecule has 200 valence electrons. The fourth-order valence-corrected chi connectivity index (χ4v) is 5.70. The molecule has 4 aromatic rings. The summed E-state index contributed by atoms with van der Waals surface area (Å²) in [6.07, 6.45) is 0.417. The molecule has 3 atom stereocenters. The summed E-state index contributed by atoms with van der Waals surface area (Å²) < 4.78 is 34.2. The average molecular weight is 536 g/mol. The van der Waals surface area contributed by atoms with Gasteiger partial charge in [0.25, 0.3) is 0 Å². The molecule has 2 aliphatic heterocycles. The van der Waals surface area contributed by atoms with Crippen molar-refractivity contribution in [1.29, 1.82) is 0 Å². The van der Waals surface area contributed by atoms with Gasteiger partial charge >= 0.3 is 12.6 Å². The highest BCUT2D eigenvalue weighted by Crippen LogP contribution is 2.52. The van der Waals surface area contributed by atoms with E-state index in [9.17, 15) is 28.6 Å². The molecule has 0 radical (unpaired) electrons. The van der Waals surface area contributed by atoms with E-state index in [1.807, 2.05) is 33.7 Å². The zero-order valence-electron chi connectivity index (χ0n) is 20.7. The number of carboxylic acids is 1. The van der Waals surface area contributed by atoms with Gasteiger partial charge in [-0.2, -0.15) is 8.78 Å². The predicted molar refractivity (Wildman–Crippen MR) is 133 cm³/mol. The molecule has 1 unspecified atom stereocenters. The van der Waals surface area contributed by atoms with Crippen molar-refractivity contribution >= 4 is 22.8 Å². The second kappa shape index (κ2) is 9.47. The smallest absolute Gasteiger partial charge is 0.387 e. The minimum absolute atomic E-state index is 0.140. The first kappa shape index (κ1) is 25.0. The summed E-state index contributed by atoms with van der Waals surface area (Å²) in [5, 5.41) is 19.5. The maximum atomic E-state index is 13.6. The van der Waals surface area contributed by atoms with E-state index in [1.165, 1.54) is 25.3 Å². The van der Waals surface area contributed by atoms with E-state index in [4.69, 9.17) is 9.72 Å². The van der Waals surface area contributed by atoms with Crippen LogP contribution in [0.4, 0.5) is 8.78 Å². The first-order valence-electron chi connectivity index (χ1n) is 12.3. The Labute approximate surface area is 220 Å². The van der Waals surface area contributed by atoms with Crippen molar-refractivity contribution in [1.82, 2.24) is 24.4 Å². The molecule has 10 nitrogen and oxygen atoms in total. The number of carbonyl (C=O) groups excluding carboxylic acids is 1. The molecule has 2 bridgehead atoms. The lowest BCUT2D eigenvalue weighted by molar-refractivity contribution is -0.139. The van der Waals surface area contributed by atoms with Crippen LogP contribution in [0.2, 0.25) is 0 Å². The number of Topliss-reactive ketones (excluding diaryl/α,β-unsaturated/α-hetero) is 1. The number of rotatable bonds is 7. The number of halogens is 2. The topological polar surface area (TPSA) is 131 Å². The Balaban J connectivity index is 1.64. The Morgan fingerprint density at radius 2 is 1.92 bits per heavy atom. The minimum atomic E-state index is -3.13. The average Bonchev–Trinajstić information content (AvgIpc) is 3.40. The molecular weight excluding hydrogens is 512 g/mol. The highest BCUT2D eigenvalue weighted by atomic mass is 19.3. The third-order valence-corrected chi connectivity index (χ3v) is 7.19. The third kappa shape index (κ3) is 4.21. The van der Waals surface area contributed by atoms with Crippen molar-refractivity contribution < 1.29 is 33.3 Å². The summed E-state index contributed by atoms with van der Waals surface area (Å²) >= 11 is 0. The summed E-state index contributed by atoms with van der Waals surface area (Å²) in [5.41, 5.74) is 3.31. The van der Waals surface area contributed by atoms with Crippen molar-refractivity contribution in [3.63, 3.8) is 0 Å². The Bertz CT molecular complexity index is 1620. The molecule has 12 heteroatoms. The third-order valence-electron chi connectivity index (χ3n) is 7.19. The lowest BCUT2D eigenvalue weighted by Gasteiger charge is -2.27. The van der Waals surface area contributed by atoms with E-state index in [-0.39, 0.29) is 42.0 Å². The van der Waals surface area contributed by atoms with Gasteiger partial charge in [0.05, 0.1) is 35.4 Å². The summed E-state index contributed by atoms with van der Waals surface area (Å²) in [6.45, 7) is -1.86. The van der Waals surface area contributed by atoms with E-state index in [1.54, 1.807) is 6.07 Å². The van der Waals surface area contributed by atoms with Crippen LogP contribution < -0.4 is 4.74 Å². The minimum Gasteiger partial charge on any atom is -0.480 e. The molecule has 0 amide bonds. The predicted octanol–water partition coefficient (Wildman–Crippen LogP) is 3.59. The number of aliphatic carboxylic acids is 1. The quantitative estimate of drug-likeness (QED) is 0.341. The second-order valence-corrected chi connectivity index (χ2v) is 9.59. The van der Waals surface area contributed by atoms with E-state index in [2.05, 4.69) is 9.97 Å². The molecule has 0 saturated carbocycles. The van der Waals surface area contributed by atoms with Gasteiger partial charge in [-0.05, 0) is 48.7 Å². The van der Waals surface area contributed by atoms with Crippen molar-refractivity contribution in [2.75, 3.05) is 6.54 Å². The molecule has 0 spiro atoms. The zero-order valence-corrected chi connectivity index (χ0v) is 20.7. The number of carbonyl (C=O) groups is 2. The number of nitrogens with zero attached hydrogens (tertiary/aromatic N) is 5. The number of hydrogen-bond donors (Lipinski definition) is 2.